The number of carboxylic acid groups (broad SMARTS) is 1. The zero-order valence-electron chi connectivity index (χ0n) is 9.68. The number of methoxy groups -OCH3 is 1. The van der Waals surface area contributed by atoms with E-state index in [2.05, 4.69) is 0 Å². The molecule has 0 bridgehead atoms. The van der Waals surface area contributed by atoms with Gasteiger partial charge in [-0.1, -0.05) is 23.7 Å². The molecule has 0 aliphatic carbocycles. The predicted molar refractivity (Wildman–Crippen MR) is 70.4 cm³/mol. The summed E-state index contributed by atoms with van der Waals surface area (Å²) in [6.07, 6.45) is 0. The van der Waals surface area contributed by atoms with Crippen LogP contribution < -0.4 is 4.74 Å². The summed E-state index contributed by atoms with van der Waals surface area (Å²) in [4.78, 5) is 11.2. The minimum Gasteiger partial charge on any atom is -0.497 e. The molecule has 0 aliphatic heterocycles. The van der Waals surface area contributed by atoms with Crippen LogP contribution in [-0.4, -0.2) is 18.2 Å². The fourth-order valence-electron chi connectivity index (χ4n) is 1.71. The second-order valence-corrected chi connectivity index (χ2v) is 4.16. The Morgan fingerprint density at radius 1 is 1.17 bits per heavy atom. The van der Waals surface area contributed by atoms with Crippen LogP contribution in [-0.2, 0) is 0 Å². The van der Waals surface area contributed by atoms with Gasteiger partial charge in [0.2, 0.25) is 0 Å². The van der Waals surface area contributed by atoms with Gasteiger partial charge in [0, 0.05) is 5.02 Å². The van der Waals surface area contributed by atoms with Crippen molar-refractivity contribution in [3.8, 4) is 16.9 Å². The SMILES string of the molecule is COc1ccc(C(=O)O)c(-c2ccc(Cl)cc2)c1. The smallest absolute Gasteiger partial charge is 0.336 e. The highest BCUT2D eigenvalue weighted by atomic mass is 35.5. The molecule has 0 fully saturated rings. The number of ether oxygens (including phenoxy) is 1. The second kappa shape index (κ2) is 5.10. The Balaban J connectivity index is 2.59. The van der Waals surface area contributed by atoms with Crippen LogP contribution in [0.2, 0.25) is 5.02 Å². The van der Waals surface area contributed by atoms with E-state index in [0.29, 0.717) is 16.3 Å². The molecule has 2 aromatic carbocycles. The number of carboxylic acids is 1. The van der Waals surface area contributed by atoms with Crippen molar-refractivity contribution in [2.75, 3.05) is 7.11 Å². The summed E-state index contributed by atoms with van der Waals surface area (Å²) in [5.41, 5.74) is 1.63. The lowest BCUT2D eigenvalue weighted by atomic mass is 9.99. The third kappa shape index (κ3) is 2.46. The van der Waals surface area contributed by atoms with Crippen molar-refractivity contribution in [3.05, 3.63) is 53.1 Å². The van der Waals surface area contributed by atoms with Crippen molar-refractivity contribution in [1.82, 2.24) is 0 Å². The Kier molecular flexibility index (Phi) is 3.53. The summed E-state index contributed by atoms with van der Waals surface area (Å²) >= 11 is 5.82. The zero-order valence-corrected chi connectivity index (χ0v) is 10.4. The molecule has 0 saturated carbocycles. The number of hydrogen-bond acceptors (Lipinski definition) is 2. The van der Waals surface area contributed by atoms with E-state index in [1.54, 1.807) is 43.5 Å². The summed E-state index contributed by atoms with van der Waals surface area (Å²) in [7, 11) is 1.54. The number of carbonyl (C=O) groups is 1. The van der Waals surface area contributed by atoms with Crippen molar-refractivity contribution in [1.29, 1.82) is 0 Å². The van der Waals surface area contributed by atoms with E-state index >= 15 is 0 Å². The molecule has 0 heterocycles. The molecule has 0 spiro atoms. The molecule has 3 nitrogen and oxygen atoms in total. The van der Waals surface area contributed by atoms with Gasteiger partial charge in [0.15, 0.2) is 0 Å². The van der Waals surface area contributed by atoms with Crippen molar-refractivity contribution in [2.24, 2.45) is 0 Å². The molecule has 2 aromatic rings. The average molecular weight is 263 g/mol. The number of benzene rings is 2. The number of hydrogen-bond donors (Lipinski definition) is 1. The van der Waals surface area contributed by atoms with Gasteiger partial charge in [0.05, 0.1) is 12.7 Å². The third-order valence-electron chi connectivity index (χ3n) is 2.61. The van der Waals surface area contributed by atoms with Crippen LogP contribution >= 0.6 is 11.6 Å². The fraction of sp³-hybridized carbons (Fsp3) is 0.0714. The lowest BCUT2D eigenvalue weighted by molar-refractivity contribution is 0.0697. The lowest BCUT2D eigenvalue weighted by Crippen LogP contribution is -2.00. The molecule has 0 aromatic heterocycles. The second-order valence-electron chi connectivity index (χ2n) is 3.72. The molecular weight excluding hydrogens is 252 g/mol. The molecule has 0 saturated heterocycles. The van der Waals surface area contributed by atoms with E-state index in [4.69, 9.17) is 16.3 Å². The van der Waals surface area contributed by atoms with Gasteiger partial charge >= 0.3 is 5.97 Å². The maximum absolute atomic E-state index is 11.2. The van der Waals surface area contributed by atoms with Gasteiger partial charge in [0.1, 0.15) is 5.75 Å². The summed E-state index contributed by atoms with van der Waals surface area (Å²) < 4.78 is 5.12. The molecule has 2 rings (SSSR count). The highest BCUT2D eigenvalue weighted by Gasteiger charge is 2.12. The van der Waals surface area contributed by atoms with Gasteiger partial charge in [-0.2, -0.15) is 0 Å². The van der Waals surface area contributed by atoms with Crippen LogP contribution in [0.25, 0.3) is 11.1 Å². The van der Waals surface area contributed by atoms with Gasteiger partial charge in [-0.05, 0) is 41.5 Å². The van der Waals surface area contributed by atoms with Crippen molar-refractivity contribution >= 4 is 17.6 Å². The minimum atomic E-state index is -0.970. The van der Waals surface area contributed by atoms with Crippen molar-refractivity contribution in [3.63, 3.8) is 0 Å². The quantitative estimate of drug-likeness (QED) is 0.917. The number of rotatable bonds is 3. The standard InChI is InChI=1S/C14H11ClO3/c1-18-11-6-7-12(14(16)17)13(8-11)9-2-4-10(15)5-3-9/h2-8H,1H3,(H,16,17). The van der Waals surface area contributed by atoms with E-state index < -0.39 is 5.97 Å². The van der Waals surface area contributed by atoms with E-state index in [-0.39, 0.29) is 5.56 Å². The van der Waals surface area contributed by atoms with Gasteiger partial charge in [-0.15, -0.1) is 0 Å². The Morgan fingerprint density at radius 3 is 2.39 bits per heavy atom. The van der Waals surface area contributed by atoms with Crippen molar-refractivity contribution in [2.45, 2.75) is 0 Å². The average Bonchev–Trinajstić information content (AvgIpc) is 2.38. The van der Waals surface area contributed by atoms with E-state index in [1.165, 1.54) is 6.07 Å². The zero-order chi connectivity index (χ0) is 13.1. The summed E-state index contributed by atoms with van der Waals surface area (Å²) in [5.74, 6) is -0.354. The molecule has 0 radical (unpaired) electrons. The van der Waals surface area contributed by atoms with Crippen LogP contribution in [0.5, 0.6) is 5.75 Å². The number of aromatic carboxylic acids is 1. The molecule has 0 amide bonds. The fourth-order valence-corrected chi connectivity index (χ4v) is 1.83. The van der Waals surface area contributed by atoms with Crippen LogP contribution in [0.15, 0.2) is 42.5 Å². The van der Waals surface area contributed by atoms with Gasteiger partial charge in [-0.3, -0.25) is 0 Å². The monoisotopic (exact) mass is 262 g/mol. The summed E-state index contributed by atoms with van der Waals surface area (Å²) in [6, 6.07) is 11.9. The van der Waals surface area contributed by atoms with Gasteiger partial charge < -0.3 is 9.84 Å². The van der Waals surface area contributed by atoms with E-state index in [1.807, 2.05) is 0 Å². The highest BCUT2D eigenvalue weighted by Crippen LogP contribution is 2.29. The Morgan fingerprint density at radius 2 is 1.83 bits per heavy atom. The molecular formula is C14H11ClO3. The van der Waals surface area contributed by atoms with E-state index in [9.17, 15) is 9.90 Å². The molecule has 92 valence electrons. The molecule has 4 heteroatoms. The molecule has 0 aliphatic rings. The third-order valence-corrected chi connectivity index (χ3v) is 2.86. The Labute approximate surface area is 110 Å². The van der Waals surface area contributed by atoms with Crippen LogP contribution in [0.4, 0.5) is 0 Å². The lowest BCUT2D eigenvalue weighted by Gasteiger charge is -2.09. The number of halogens is 1. The Bertz CT molecular complexity index is 576. The Hall–Kier alpha value is -2.00. The molecule has 18 heavy (non-hydrogen) atoms. The summed E-state index contributed by atoms with van der Waals surface area (Å²) in [6.45, 7) is 0. The van der Waals surface area contributed by atoms with E-state index in [0.717, 1.165) is 5.56 Å². The van der Waals surface area contributed by atoms with Gasteiger partial charge in [0.25, 0.3) is 0 Å². The molecule has 0 unspecified atom stereocenters. The normalized spacial score (nSPS) is 10.1. The maximum atomic E-state index is 11.2. The minimum absolute atomic E-state index is 0.234. The first-order valence-corrected chi connectivity index (χ1v) is 5.67. The predicted octanol–water partition coefficient (Wildman–Crippen LogP) is 3.71. The first-order valence-electron chi connectivity index (χ1n) is 5.29. The largest absolute Gasteiger partial charge is 0.497 e. The van der Waals surface area contributed by atoms with Gasteiger partial charge in [-0.25, -0.2) is 4.79 Å². The van der Waals surface area contributed by atoms with Crippen LogP contribution in [0.3, 0.4) is 0 Å². The molecule has 0 atom stereocenters. The van der Waals surface area contributed by atoms with Crippen molar-refractivity contribution < 1.29 is 14.6 Å². The first-order chi connectivity index (χ1) is 8.61. The maximum Gasteiger partial charge on any atom is 0.336 e. The summed E-state index contributed by atoms with van der Waals surface area (Å²) in [5, 5.41) is 9.79. The van der Waals surface area contributed by atoms with Crippen LogP contribution in [0.1, 0.15) is 10.4 Å². The first kappa shape index (κ1) is 12.5. The highest BCUT2D eigenvalue weighted by molar-refractivity contribution is 6.30. The molecule has 1 N–H and O–H groups in total. The van der Waals surface area contributed by atoms with Crippen LogP contribution in [0, 0.1) is 0 Å². The topological polar surface area (TPSA) is 46.5 Å².